The summed E-state index contributed by atoms with van der Waals surface area (Å²) in [6.07, 6.45) is 1.01. The van der Waals surface area contributed by atoms with E-state index >= 15 is 0 Å². The normalized spacial score (nSPS) is 12.0. The minimum absolute atomic E-state index is 0.0637. The number of benzene rings is 2. The first-order valence-electron chi connectivity index (χ1n) is 7.53. The number of amides is 1. The molecule has 128 valence electrons. The van der Waals surface area contributed by atoms with Crippen LogP contribution in [-0.2, 0) is 11.2 Å². The molecule has 1 amide bonds. The average Bonchev–Trinajstić information content (AvgIpc) is 2.54. The smallest absolute Gasteiger partial charge is 0.387 e. The van der Waals surface area contributed by atoms with E-state index in [0.29, 0.717) is 12.8 Å². The first-order valence-corrected chi connectivity index (χ1v) is 8.32. The number of carbonyl (C=O) groups excluding carboxylic acids is 1. The van der Waals surface area contributed by atoms with Crippen LogP contribution in [0.25, 0.3) is 0 Å². The standard InChI is InChI=1S/C18H18BrF2NO2/c1-12(13-6-9-15(10-7-13)24-18(20)21)22-17(23)11-8-14-4-2-3-5-16(14)19/h2-7,9-10,12,18H,8,11H2,1H3,(H,22,23). The highest BCUT2D eigenvalue weighted by Crippen LogP contribution is 2.20. The summed E-state index contributed by atoms with van der Waals surface area (Å²) >= 11 is 3.46. The molecule has 0 aliphatic heterocycles. The molecule has 0 aliphatic rings. The maximum Gasteiger partial charge on any atom is 0.387 e. The van der Waals surface area contributed by atoms with Crippen LogP contribution in [0.1, 0.15) is 30.5 Å². The summed E-state index contributed by atoms with van der Waals surface area (Å²) in [5.41, 5.74) is 1.90. The van der Waals surface area contributed by atoms with Crippen LogP contribution in [-0.4, -0.2) is 12.5 Å². The summed E-state index contributed by atoms with van der Waals surface area (Å²) in [5, 5.41) is 2.90. The van der Waals surface area contributed by atoms with Crippen LogP contribution in [0.2, 0.25) is 0 Å². The van der Waals surface area contributed by atoms with Gasteiger partial charge in [-0.05, 0) is 42.7 Å². The molecule has 3 nitrogen and oxygen atoms in total. The Bertz CT molecular complexity index is 677. The lowest BCUT2D eigenvalue weighted by Gasteiger charge is -2.15. The minimum Gasteiger partial charge on any atom is -0.435 e. The van der Waals surface area contributed by atoms with Gasteiger partial charge < -0.3 is 10.1 Å². The predicted molar refractivity (Wildman–Crippen MR) is 92.1 cm³/mol. The van der Waals surface area contributed by atoms with E-state index in [1.54, 1.807) is 12.1 Å². The predicted octanol–water partition coefficient (Wildman–Crippen LogP) is 4.86. The molecule has 0 saturated heterocycles. The lowest BCUT2D eigenvalue weighted by molar-refractivity contribution is -0.121. The SMILES string of the molecule is CC(NC(=O)CCc1ccccc1Br)c1ccc(OC(F)F)cc1. The maximum absolute atomic E-state index is 12.1. The molecular formula is C18H18BrF2NO2. The third-order valence-electron chi connectivity index (χ3n) is 3.56. The van der Waals surface area contributed by atoms with E-state index in [1.165, 1.54) is 12.1 Å². The Labute approximate surface area is 148 Å². The van der Waals surface area contributed by atoms with Crippen LogP contribution in [0.5, 0.6) is 5.75 Å². The number of alkyl halides is 2. The van der Waals surface area contributed by atoms with Gasteiger partial charge >= 0.3 is 6.61 Å². The van der Waals surface area contributed by atoms with Gasteiger partial charge in [0.2, 0.25) is 5.91 Å². The molecule has 0 fully saturated rings. The molecule has 24 heavy (non-hydrogen) atoms. The van der Waals surface area contributed by atoms with Crippen molar-refractivity contribution in [3.63, 3.8) is 0 Å². The number of rotatable bonds is 7. The number of halogens is 3. The van der Waals surface area contributed by atoms with Crippen molar-refractivity contribution in [2.45, 2.75) is 32.4 Å². The Morgan fingerprint density at radius 2 is 1.83 bits per heavy atom. The number of ether oxygens (including phenoxy) is 1. The van der Waals surface area contributed by atoms with Crippen molar-refractivity contribution >= 4 is 21.8 Å². The molecule has 0 spiro atoms. The van der Waals surface area contributed by atoms with Gasteiger partial charge in [0.25, 0.3) is 0 Å². The Morgan fingerprint density at radius 3 is 2.46 bits per heavy atom. The summed E-state index contributed by atoms with van der Waals surface area (Å²) in [7, 11) is 0. The van der Waals surface area contributed by atoms with Gasteiger partial charge in [-0.3, -0.25) is 4.79 Å². The van der Waals surface area contributed by atoms with E-state index in [2.05, 4.69) is 26.0 Å². The molecule has 0 heterocycles. The third-order valence-corrected chi connectivity index (χ3v) is 4.34. The van der Waals surface area contributed by atoms with Crippen molar-refractivity contribution in [3.05, 3.63) is 64.1 Å². The van der Waals surface area contributed by atoms with Gasteiger partial charge in [0.1, 0.15) is 5.75 Å². The zero-order chi connectivity index (χ0) is 17.5. The van der Waals surface area contributed by atoms with E-state index in [0.717, 1.165) is 15.6 Å². The second-order valence-electron chi connectivity index (χ2n) is 5.33. The van der Waals surface area contributed by atoms with E-state index in [1.807, 2.05) is 31.2 Å². The van der Waals surface area contributed by atoms with E-state index in [9.17, 15) is 13.6 Å². The number of aryl methyl sites for hydroxylation is 1. The summed E-state index contributed by atoms with van der Waals surface area (Å²) < 4.78 is 29.5. The third kappa shape index (κ3) is 5.60. The molecule has 1 N–H and O–H groups in total. The average molecular weight is 398 g/mol. The highest BCUT2D eigenvalue weighted by Gasteiger charge is 2.11. The molecule has 2 aromatic rings. The topological polar surface area (TPSA) is 38.3 Å². The molecule has 0 aliphatic carbocycles. The fraction of sp³-hybridized carbons (Fsp3) is 0.278. The van der Waals surface area contributed by atoms with Gasteiger partial charge in [-0.1, -0.05) is 46.3 Å². The van der Waals surface area contributed by atoms with Gasteiger partial charge in [0, 0.05) is 10.9 Å². The zero-order valence-corrected chi connectivity index (χ0v) is 14.7. The van der Waals surface area contributed by atoms with Crippen LogP contribution in [0, 0.1) is 0 Å². The Balaban J connectivity index is 1.86. The number of hydrogen-bond acceptors (Lipinski definition) is 2. The molecule has 6 heteroatoms. The van der Waals surface area contributed by atoms with Crippen LogP contribution >= 0.6 is 15.9 Å². The van der Waals surface area contributed by atoms with E-state index in [-0.39, 0.29) is 17.7 Å². The molecular weight excluding hydrogens is 380 g/mol. The molecule has 0 aromatic heterocycles. The number of carbonyl (C=O) groups is 1. The molecule has 1 unspecified atom stereocenters. The first-order chi connectivity index (χ1) is 11.5. The highest BCUT2D eigenvalue weighted by molar-refractivity contribution is 9.10. The summed E-state index contributed by atoms with van der Waals surface area (Å²) in [4.78, 5) is 12.1. The van der Waals surface area contributed by atoms with Crippen molar-refractivity contribution in [3.8, 4) is 5.75 Å². The molecule has 0 radical (unpaired) electrons. The van der Waals surface area contributed by atoms with Crippen molar-refractivity contribution in [1.82, 2.24) is 5.32 Å². The van der Waals surface area contributed by atoms with Gasteiger partial charge in [-0.15, -0.1) is 0 Å². The monoisotopic (exact) mass is 397 g/mol. The minimum atomic E-state index is -2.84. The van der Waals surface area contributed by atoms with E-state index in [4.69, 9.17) is 0 Å². The van der Waals surface area contributed by atoms with Crippen molar-refractivity contribution in [2.75, 3.05) is 0 Å². The van der Waals surface area contributed by atoms with Crippen LogP contribution in [0.15, 0.2) is 53.0 Å². The Hall–Kier alpha value is -1.95. The number of nitrogens with one attached hydrogen (secondary N) is 1. The fourth-order valence-electron chi connectivity index (χ4n) is 2.28. The van der Waals surface area contributed by atoms with Crippen molar-refractivity contribution < 1.29 is 18.3 Å². The summed E-state index contributed by atoms with van der Waals surface area (Å²) in [6.45, 7) is -0.996. The van der Waals surface area contributed by atoms with Gasteiger partial charge in [-0.2, -0.15) is 8.78 Å². The zero-order valence-electron chi connectivity index (χ0n) is 13.1. The first kappa shape index (κ1) is 18.4. The van der Waals surface area contributed by atoms with Crippen molar-refractivity contribution in [2.24, 2.45) is 0 Å². The molecule has 0 saturated carbocycles. The van der Waals surface area contributed by atoms with Crippen LogP contribution in [0.3, 0.4) is 0 Å². The van der Waals surface area contributed by atoms with E-state index < -0.39 is 6.61 Å². The highest BCUT2D eigenvalue weighted by atomic mass is 79.9. The van der Waals surface area contributed by atoms with Crippen LogP contribution < -0.4 is 10.1 Å². The summed E-state index contributed by atoms with van der Waals surface area (Å²) in [5.74, 6) is 0.0346. The fourth-order valence-corrected chi connectivity index (χ4v) is 2.77. The lowest BCUT2D eigenvalue weighted by atomic mass is 10.1. The largest absolute Gasteiger partial charge is 0.435 e. The van der Waals surface area contributed by atoms with Crippen LogP contribution in [0.4, 0.5) is 8.78 Å². The van der Waals surface area contributed by atoms with Gasteiger partial charge in [0.15, 0.2) is 0 Å². The second-order valence-corrected chi connectivity index (χ2v) is 6.18. The second kappa shape index (κ2) is 8.78. The van der Waals surface area contributed by atoms with Crippen molar-refractivity contribution in [1.29, 1.82) is 0 Å². The summed E-state index contributed by atoms with van der Waals surface area (Å²) in [6, 6.07) is 13.8. The Kier molecular flexibility index (Phi) is 6.73. The van der Waals surface area contributed by atoms with Gasteiger partial charge in [-0.25, -0.2) is 0 Å². The molecule has 0 bridgehead atoms. The number of hydrogen-bond donors (Lipinski definition) is 1. The molecule has 2 rings (SSSR count). The van der Waals surface area contributed by atoms with Gasteiger partial charge in [0.05, 0.1) is 6.04 Å². The Morgan fingerprint density at radius 1 is 1.17 bits per heavy atom. The molecule has 2 aromatic carbocycles. The lowest BCUT2D eigenvalue weighted by Crippen LogP contribution is -2.26. The molecule has 1 atom stereocenters. The maximum atomic E-state index is 12.1. The quantitative estimate of drug-likeness (QED) is 0.724.